The number of ether oxygens (including phenoxy) is 1. The van der Waals surface area contributed by atoms with Gasteiger partial charge in [0, 0.05) is 17.7 Å². The molecule has 0 atom stereocenters. The third-order valence-corrected chi connectivity index (χ3v) is 2.97. The van der Waals surface area contributed by atoms with E-state index < -0.39 is 4.92 Å². The van der Waals surface area contributed by atoms with Crippen molar-refractivity contribution in [2.45, 2.75) is 0 Å². The summed E-state index contributed by atoms with van der Waals surface area (Å²) in [6.45, 7) is -0.0483. The van der Waals surface area contributed by atoms with Crippen LogP contribution >= 0.6 is 0 Å². The van der Waals surface area contributed by atoms with E-state index in [1.165, 1.54) is 18.2 Å². The molecule has 23 heavy (non-hydrogen) atoms. The Morgan fingerprint density at radius 1 is 1.17 bits per heavy atom. The highest BCUT2D eigenvalue weighted by Gasteiger charge is 2.04. The van der Waals surface area contributed by atoms with Gasteiger partial charge in [-0.15, -0.1) is 0 Å². The van der Waals surface area contributed by atoms with Gasteiger partial charge >= 0.3 is 0 Å². The first kappa shape index (κ1) is 15.9. The molecule has 0 fully saturated rings. The predicted octanol–water partition coefficient (Wildman–Crippen LogP) is 3.39. The zero-order valence-electron chi connectivity index (χ0n) is 12.0. The van der Waals surface area contributed by atoms with Gasteiger partial charge in [0.2, 0.25) is 0 Å². The molecule has 0 radical (unpaired) electrons. The summed E-state index contributed by atoms with van der Waals surface area (Å²) < 4.78 is 5.10. The topological polar surface area (TPSA) is 93.2 Å². The maximum atomic E-state index is 12.0. The van der Waals surface area contributed by atoms with Gasteiger partial charge in [-0.2, -0.15) is 5.26 Å². The molecule has 0 aliphatic carbocycles. The molecule has 0 amide bonds. The van der Waals surface area contributed by atoms with E-state index in [2.05, 4.69) is 0 Å². The van der Waals surface area contributed by atoms with Gasteiger partial charge in [-0.1, -0.05) is 6.08 Å². The van der Waals surface area contributed by atoms with Crippen LogP contribution < -0.4 is 4.74 Å². The molecular formula is C17H12N2O4. The van der Waals surface area contributed by atoms with Gasteiger partial charge < -0.3 is 4.74 Å². The Kier molecular flexibility index (Phi) is 5.21. The molecule has 2 aromatic rings. The zero-order valence-corrected chi connectivity index (χ0v) is 12.0. The van der Waals surface area contributed by atoms with E-state index in [1.807, 2.05) is 6.07 Å². The lowest BCUT2D eigenvalue weighted by Crippen LogP contribution is -1.96. The standard InChI is InChI=1S/C17H12N2O4/c18-11-12-23-16-8-4-14(5-9-16)17(20)10-3-13-1-6-15(7-2-13)19(21)22/h1-10H,12H2/b10-3+. The summed E-state index contributed by atoms with van der Waals surface area (Å²) in [7, 11) is 0. The number of nitriles is 1. The molecule has 0 aliphatic rings. The fourth-order valence-corrected chi connectivity index (χ4v) is 1.81. The highest BCUT2D eigenvalue weighted by Crippen LogP contribution is 2.15. The maximum Gasteiger partial charge on any atom is 0.269 e. The third-order valence-electron chi connectivity index (χ3n) is 2.97. The number of ketones is 1. The highest BCUT2D eigenvalue weighted by atomic mass is 16.6. The van der Waals surface area contributed by atoms with Gasteiger partial charge in [-0.25, -0.2) is 0 Å². The Morgan fingerprint density at radius 2 is 1.83 bits per heavy atom. The van der Waals surface area contributed by atoms with Crippen molar-refractivity contribution < 1.29 is 14.5 Å². The smallest absolute Gasteiger partial charge is 0.269 e. The minimum absolute atomic E-state index is 0.00133. The average molecular weight is 308 g/mol. The largest absolute Gasteiger partial charge is 0.479 e. The highest BCUT2D eigenvalue weighted by molar-refractivity contribution is 6.06. The zero-order chi connectivity index (χ0) is 16.7. The molecule has 0 saturated heterocycles. The van der Waals surface area contributed by atoms with Gasteiger partial charge in [-0.05, 0) is 48.0 Å². The van der Waals surface area contributed by atoms with Crippen LogP contribution in [0.15, 0.2) is 54.6 Å². The van der Waals surface area contributed by atoms with Crippen molar-refractivity contribution in [1.82, 2.24) is 0 Å². The number of allylic oxidation sites excluding steroid dienone is 1. The van der Waals surface area contributed by atoms with Crippen LogP contribution in [0.5, 0.6) is 5.75 Å². The molecule has 2 aromatic carbocycles. The number of nitro groups is 1. The number of non-ortho nitro benzene ring substituents is 1. The van der Waals surface area contributed by atoms with Crippen molar-refractivity contribution in [3.05, 3.63) is 75.8 Å². The quantitative estimate of drug-likeness (QED) is 0.353. The number of hydrogen-bond acceptors (Lipinski definition) is 5. The Bertz CT molecular complexity index is 772. The lowest BCUT2D eigenvalue weighted by atomic mass is 10.1. The number of nitro benzene ring substituents is 1. The fourth-order valence-electron chi connectivity index (χ4n) is 1.81. The van der Waals surface area contributed by atoms with Gasteiger partial charge in [0.05, 0.1) is 4.92 Å². The van der Waals surface area contributed by atoms with E-state index in [9.17, 15) is 14.9 Å². The molecule has 0 spiro atoms. The maximum absolute atomic E-state index is 12.0. The average Bonchev–Trinajstić information content (AvgIpc) is 2.58. The lowest BCUT2D eigenvalue weighted by molar-refractivity contribution is -0.384. The van der Waals surface area contributed by atoms with E-state index in [-0.39, 0.29) is 18.1 Å². The first-order chi connectivity index (χ1) is 11.1. The molecule has 6 heteroatoms. The van der Waals surface area contributed by atoms with E-state index in [0.717, 1.165) is 0 Å². The number of carbonyl (C=O) groups excluding carboxylic acids is 1. The molecule has 0 bridgehead atoms. The number of carbonyl (C=O) groups is 1. The number of nitrogens with zero attached hydrogens (tertiary/aromatic N) is 2. The molecule has 0 saturated carbocycles. The third kappa shape index (κ3) is 4.51. The minimum atomic E-state index is -0.478. The van der Waals surface area contributed by atoms with Crippen molar-refractivity contribution in [2.24, 2.45) is 0 Å². The van der Waals surface area contributed by atoms with Crippen molar-refractivity contribution in [1.29, 1.82) is 5.26 Å². The van der Waals surface area contributed by atoms with Gasteiger partial charge in [0.1, 0.15) is 11.8 Å². The van der Waals surface area contributed by atoms with Crippen molar-refractivity contribution in [3.8, 4) is 11.8 Å². The summed E-state index contributed by atoms with van der Waals surface area (Å²) in [5, 5.41) is 19.0. The van der Waals surface area contributed by atoms with Gasteiger partial charge in [0.25, 0.3) is 5.69 Å². The van der Waals surface area contributed by atoms with E-state index in [0.29, 0.717) is 16.9 Å². The molecule has 0 heterocycles. The molecule has 114 valence electrons. The van der Waals surface area contributed by atoms with Crippen LogP contribution in [0.2, 0.25) is 0 Å². The van der Waals surface area contributed by atoms with Gasteiger partial charge in [-0.3, -0.25) is 14.9 Å². The first-order valence-corrected chi connectivity index (χ1v) is 6.67. The second kappa shape index (κ2) is 7.52. The SMILES string of the molecule is N#CCOc1ccc(C(=O)/C=C/c2ccc([N+](=O)[O-])cc2)cc1. The van der Waals surface area contributed by atoms with E-state index >= 15 is 0 Å². The summed E-state index contributed by atoms with van der Waals surface area (Å²) in [4.78, 5) is 22.1. The predicted molar refractivity (Wildman–Crippen MR) is 84.0 cm³/mol. The Labute approximate surface area is 132 Å². The van der Waals surface area contributed by atoms with Crippen LogP contribution in [-0.2, 0) is 0 Å². The van der Waals surface area contributed by atoms with Crippen molar-refractivity contribution in [3.63, 3.8) is 0 Å². The second-order valence-corrected chi connectivity index (χ2v) is 4.52. The molecular weight excluding hydrogens is 296 g/mol. The minimum Gasteiger partial charge on any atom is -0.479 e. The molecule has 0 unspecified atom stereocenters. The van der Waals surface area contributed by atoms with Crippen LogP contribution in [0, 0.1) is 21.4 Å². The summed E-state index contributed by atoms with van der Waals surface area (Å²) in [6.07, 6.45) is 2.98. The summed E-state index contributed by atoms with van der Waals surface area (Å²) in [6, 6.07) is 14.2. The molecule has 0 N–H and O–H groups in total. The van der Waals surface area contributed by atoms with Crippen LogP contribution in [0.25, 0.3) is 6.08 Å². The summed E-state index contributed by atoms with van der Waals surface area (Å²) >= 11 is 0. The Morgan fingerprint density at radius 3 is 2.39 bits per heavy atom. The Hall–Kier alpha value is -3.46. The van der Waals surface area contributed by atoms with Crippen LogP contribution in [0.1, 0.15) is 15.9 Å². The summed E-state index contributed by atoms with van der Waals surface area (Å²) in [5.74, 6) is 0.317. The van der Waals surface area contributed by atoms with Gasteiger partial charge in [0.15, 0.2) is 12.4 Å². The normalized spacial score (nSPS) is 10.2. The first-order valence-electron chi connectivity index (χ1n) is 6.67. The lowest BCUT2D eigenvalue weighted by Gasteiger charge is -2.01. The monoisotopic (exact) mass is 308 g/mol. The van der Waals surface area contributed by atoms with Crippen LogP contribution in [-0.4, -0.2) is 17.3 Å². The fraction of sp³-hybridized carbons (Fsp3) is 0.0588. The van der Waals surface area contributed by atoms with E-state index in [4.69, 9.17) is 10.00 Å². The summed E-state index contributed by atoms with van der Waals surface area (Å²) in [5.41, 5.74) is 1.17. The number of rotatable bonds is 6. The van der Waals surface area contributed by atoms with Crippen LogP contribution in [0.4, 0.5) is 5.69 Å². The van der Waals surface area contributed by atoms with Crippen molar-refractivity contribution >= 4 is 17.5 Å². The molecule has 0 aromatic heterocycles. The van der Waals surface area contributed by atoms with E-state index in [1.54, 1.807) is 42.5 Å². The number of benzene rings is 2. The van der Waals surface area contributed by atoms with Crippen LogP contribution in [0.3, 0.4) is 0 Å². The molecule has 0 aliphatic heterocycles. The van der Waals surface area contributed by atoms with Crippen molar-refractivity contribution in [2.75, 3.05) is 6.61 Å². The molecule has 6 nitrogen and oxygen atoms in total. The second-order valence-electron chi connectivity index (χ2n) is 4.52. The number of hydrogen-bond donors (Lipinski definition) is 0. The molecule has 2 rings (SSSR count). The Balaban J connectivity index is 2.03.